The highest BCUT2D eigenvalue weighted by Gasteiger charge is 2.51. The fraction of sp³-hybridized carbons (Fsp3) is 0.130. The Kier molecular flexibility index (Phi) is 5.85. The zero-order valence-corrected chi connectivity index (χ0v) is 18.8. The predicted molar refractivity (Wildman–Crippen MR) is 123 cm³/mol. The average Bonchev–Trinajstić information content (AvgIpc) is 2.96. The van der Waals surface area contributed by atoms with Crippen LogP contribution < -0.4 is 4.90 Å². The van der Waals surface area contributed by atoms with Gasteiger partial charge in [0, 0.05) is 32.8 Å². The number of amides is 1. The van der Waals surface area contributed by atoms with Crippen molar-refractivity contribution in [3.05, 3.63) is 103 Å². The van der Waals surface area contributed by atoms with Crippen LogP contribution in [-0.4, -0.2) is 21.7 Å². The summed E-state index contributed by atoms with van der Waals surface area (Å²) in [5, 5.41) is 22.8. The zero-order chi connectivity index (χ0) is 23.0. The lowest BCUT2D eigenvalue weighted by Gasteiger charge is -2.23. The molecule has 7 nitrogen and oxygen atoms in total. The molecule has 1 heterocycles. The van der Waals surface area contributed by atoms with E-state index >= 15 is 0 Å². The summed E-state index contributed by atoms with van der Waals surface area (Å²) < 4.78 is 0.643. The smallest absolute Gasteiger partial charge is 0.269 e. The van der Waals surface area contributed by atoms with E-state index in [1.165, 1.54) is 29.2 Å². The maximum absolute atomic E-state index is 13.4. The topological polar surface area (TPSA) is 101 Å². The first-order valence-electron chi connectivity index (χ1n) is 9.56. The summed E-state index contributed by atoms with van der Waals surface area (Å²) in [6.45, 7) is 0.126. The molecule has 0 spiro atoms. The Hall–Kier alpha value is -3.07. The second kappa shape index (κ2) is 8.46. The van der Waals surface area contributed by atoms with Gasteiger partial charge in [-0.05, 0) is 42.0 Å². The first-order valence-corrected chi connectivity index (χ1v) is 10.7. The number of ketones is 1. The molecule has 1 amide bonds. The number of carbonyl (C=O) groups is 2. The molecule has 1 N–H and O–H groups in total. The third-order valence-corrected chi connectivity index (χ3v) is 6.26. The fourth-order valence-corrected chi connectivity index (χ4v) is 4.31. The van der Waals surface area contributed by atoms with Crippen LogP contribution in [0.5, 0.6) is 0 Å². The summed E-state index contributed by atoms with van der Waals surface area (Å²) in [5.74, 6) is -1.15. The van der Waals surface area contributed by atoms with Gasteiger partial charge in [0.25, 0.3) is 11.6 Å². The van der Waals surface area contributed by atoms with E-state index < -0.39 is 28.6 Å². The molecule has 32 heavy (non-hydrogen) atoms. The number of rotatable bonds is 6. The van der Waals surface area contributed by atoms with Gasteiger partial charge < -0.3 is 10.0 Å². The molecule has 162 valence electrons. The van der Waals surface area contributed by atoms with Crippen LogP contribution in [0.4, 0.5) is 11.4 Å². The van der Waals surface area contributed by atoms with Gasteiger partial charge in [-0.15, -0.1) is 0 Å². The van der Waals surface area contributed by atoms with Crippen molar-refractivity contribution in [2.45, 2.75) is 18.6 Å². The van der Waals surface area contributed by atoms with Gasteiger partial charge in [0.2, 0.25) is 0 Å². The summed E-state index contributed by atoms with van der Waals surface area (Å²) in [6.07, 6.45) is -0.508. The minimum absolute atomic E-state index is 0.126. The average molecular weight is 516 g/mol. The van der Waals surface area contributed by atoms with Gasteiger partial charge in [-0.2, -0.15) is 0 Å². The number of Topliss-reactive ketones (excluding diaryl/α,β-unsaturated/α-hetero) is 1. The maximum Gasteiger partial charge on any atom is 0.269 e. The van der Waals surface area contributed by atoms with Crippen molar-refractivity contribution in [2.75, 3.05) is 4.90 Å². The molecule has 0 saturated carbocycles. The Morgan fingerprint density at radius 1 is 1.12 bits per heavy atom. The van der Waals surface area contributed by atoms with Gasteiger partial charge in [0.1, 0.15) is 0 Å². The predicted octanol–water partition coefficient (Wildman–Crippen LogP) is 5.02. The number of halogens is 2. The van der Waals surface area contributed by atoms with E-state index in [9.17, 15) is 24.8 Å². The van der Waals surface area contributed by atoms with Crippen molar-refractivity contribution < 1.29 is 19.6 Å². The molecule has 1 atom stereocenters. The molecule has 0 aromatic heterocycles. The van der Waals surface area contributed by atoms with Gasteiger partial charge in [-0.3, -0.25) is 19.7 Å². The molecule has 0 unspecified atom stereocenters. The quantitative estimate of drug-likeness (QED) is 0.282. The van der Waals surface area contributed by atoms with Crippen LogP contribution in [0.25, 0.3) is 0 Å². The number of hydrogen-bond acceptors (Lipinski definition) is 5. The van der Waals surface area contributed by atoms with Crippen LogP contribution in [-0.2, 0) is 16.9 Å². The van der Waals surface area contributed by atoms with Gasteiger partial charge in [0.05, 0.1) is 23.6 Å². The molecule has 1 aliphatic rings. The summed E-state index contributed by atoms with van der Waals surface area (Å²) in [5.41, 5.74) is -0.590. The molecular weight excluding hydrogens is 500 g/mol. The van der Waals surface area contributed by atoms with E-state index in [2.05, 4.69) is 15.9 Å². The number of benzene rings is 3. The Bertz CT molecular complexity index is 1250. The molecule has 0 aliphatic carbocycles. The van der Waals surface area contributed by atoms with Crippen LogP contribution in [0.1, 0.15) is 27.9 Å². The summed E-state index contributed by atoms with van der Waals surface area (Å²) in [6, 6.07) is 17.2. The largest absolute Gasteiger partial charge is 0.375 e. The summed E-state index contributed by atoms with van der Waals surface area (Å²) in [4.78, 5) is 38.0. The van der Waals surface area contributed by atoms with E-state index in [0.717, 1.165) is 0 Å². The van der Waals surface area contributed by atoms with Gasteiger partial charge in [-0.25, -0.2) is 0 Å². The molecule has 1 aliphatic heterocycles. The third kappa shape index (κ3) is 3.92. The van der Waals surface area contributed by atoms with E-state index in [-0.39, 0.29) is 17.8 Å². The Balaban J connectivity index is 1.69. The lowest BCUT2D eigenvalue weighted by Crippen LogP contribution is -2.41. The zero-order valence-electron chi connectivity index (χ0n) is 16.5. The van der Waals surface area contributed by atoms with Crippen LogP contribution in [0.3, 0.4) is 0 Å². The number of fused-ring (bicyclic) bond motifs is 1. The van der Waals surface area contributed by atoms with Crippen molar-refractivity contribution in [1.82, 2.24) is 0 Å². The van der Waals surface area contributed by atoms with Crippen molar-refractivity contribution >= 4 is 50.6 Å². The highest BCUT2D eigenvalue weighted by Crippen LogP contribution is 2.45. The lowest BCUT2D eigenvalue weighted by molar-refractivity contribution is -0.384. The highest BCUT2D eigenvalue weighted by molar-refractivity contribution is 9.10. The van der Waals surface area contributed by atoms with Crippen LogP contribution in [0.15, 0.2) is 71.2 Å². The summed E-state index contributed by atoms with van der Waals surface area (Å²) in [7, 11) is 0. The first-order chi connectivity index (χ1) is 15.2. The highest BCUT2D eigenvalue weighted by atomic mass is 79.9. The molecule has 3 aromatic rings. The number of aliphatic hydroxyl groups is 1. The van der Waals surface area contributed by atoms with Crippen molar-refractivity contribution in [1.29, 1.82) is 0 Å². The SMILES string of the molecule is O=C(C[C@@]1(O)C(=O)N(Cc2ccccc2Cl)c2ccc(Br)cc21)c1ccc([N+](=O)[O-])cc1. The molecule has 9 heteroatoms. The van der Waals surface area contributed by atoms with Crippen LogP contribution in [0.2, 0.25) is 5.02 Å². The Labute approximate surface area is 196 Å². The Morgan fingerprint density at radius 3 is 2.47 bits per heavy atom. The normalized spacial score (nSPS) is 17.3. The first kappa shape index (κ1) is 22.1. The number of nitro benzene ring substituents is 1. The number of nitro groups is 1. The molecule has 0 fully saturated rings. The van der Waals surface area contributed by atoms with Gasteiger partial charge in [-0.1, -0.05) is 45.7 Å². The molecular formula is C23H16BrClN2O5. The van der Waals surface area contributed by atoms with E-state index in [4.69, 9.17) is 11.6 Å². The van der Waals surface area contributed by atoms with Crippen molar-refractivity contribution in [3.8, 4) is 0 Å². The van der Waals surface area contributed by atoms with Crippen molar-refractivity contribution in [3.63, 3.8) is 0 Å². The minimum atomic E-state index is -2.08. The van der Waals surface area contributed by atoms with E-state index in [1.54, 1.807) is 42.5 Å². The number of anilines is 1. The summed E-state index contributed by atoms with van der Waals surface area (Å²) >= 11 is 9.62. The number of hydrogen-bond donors (Lipinski definition) is 1. The molecule has 3 aromatic carbocycles. The molecule has 0 bridgehead atoms. The second-order valence-corrected chi connectivity index (χ2v) is 8.73. The second-order valence-electron chi connectivity index (χ2n) is 7.41. The lowest BCUT2D eigenvalue weighted by atomic mass is 9.88. The number of non-ortho nitro benzene ring substituents is 1. The van der Waals surface area contributed by atoms with Crippen LogP contribution in [0, 0.1) is 10.1 Å². The number of carbonyl (C=O) groups excluding carboxylic acids is 2. The monoisotopic (exact) mass is 514 g/mol. The van der Waals surface area contributed by atoms with E-state index in [0.29, 0.717) is 26.3 Å². The van der Waals surface area contributed by atoms with E-state index in [1.807, 2.05) is 0 Å². The maximum atomic E-state index is 13.4. The molecule has 4 rings (SSSR count). The Morgan fingerprint density at radius 2 is 1.81 bits per heavy atom. The third-order valence-electron chi connectivity index (χ3n) is 5.40. The van der Waals surface area contributed by atoms with Gasteiger partial charge in [0.15, 0.2) is 11.4 Å². The molecule has 0 saturated heterocycles. The van der Waals surface area contributed by atoms with Crippen LogP contribution >= 0.6 is 27.5 Å². The molecule has 0 radical (unpaired) electrons. The standard InChI is InChI=1S/C23H16BrClN2O5/c24-16-7-10-20-18(11-16)23(30,12-21(28)14-5-8-17(9-6-14)27(31)32)22(29)26(20)13-15-3-1-2-4-19(15)25/h1-11,30H,12-13H2/t23-/m0/s1. The minimum Gasteiger partial charge on any atom is -0.375 e. The van der Waals surface area contributed by atoms with Gasteiger partial charge >= 0.3 is 0 Å². The fourth-order valence-electron chi connectivity index (χ4n) is 3.75. The number of nitrogens with zero attached hydrogens (tertiary/aromatic N) is 2. The van der Waals surface area contributed by atoms with Crippen molar-refractivity contribution in [2.24, 2.45) is 0 Å².